The normalized spacial score (nSPS) is 10.1. The summed E-state index contributed by atoms with van der Waals surface area (Å²) in [7, 11) is 3.18. The minimum atomic E-state index is -0.544. The van der Waals surface area contributed by atoms with Gasteiger partial charge in [0.2, 0.25) is 0 Å². The van der Waals surface area contributed by atoms with Crippen LogP contribution < -0.4 is 14.8 Å². The van der Waals surface area contributed by atoms with E-state index in [1.165, 1.54) is 10.9 Å². The Kier molecular flexibility index (Phi) is 5.78. The van der Waals surface area contributed by atoms with Gasteiger partial charge in [-0.1, -0.05) is 0 Å². The third-order valence-corrected chi connectivity index (χ3v) is 3.12. The Balaban J connectivity index is 1.97. The summed E-state index contributed by atoms with van der Waals surface area (Å²) < 4.78 is 16.7. The molecule has 1 N–H and O–H groups in total. The van der Waals surface area contributed by atoms with Crippen molar-refractivity contribution in [3.8, 4) is 11.5 Å². The molecule has 128 valence electrons. The van der Waals surface area contributed by atoms with Gasteiger partial charge >= 0.3 is 5.97 Å². The molecule has 0 aliphatic rings. The van der Waals surface area contributed by atoms with E-state index in [0.29, 0.717) is 11.5 Å². The van der Waals surface area contributed by atoms with Crippen molar-refractivity contribution in [2.24, 2.45) is 7.05 Å². The first kappa shape index (κ1) is 17.3. The number of carbonyl (C=O) groups excluding carboxylic acids is 2. The number of esters is 1. The number of hydrogen-bond acceptors (Lipinski definition) is 6. The van der Waals surface area contributed by atoms with Crippen LogP contribution in [0.25, 0.3) is 0 Å². The molecule has 0 fully saturated rings. The summed E-state index contributed by atoms with van der Waals surface area (Å²) in [6.45, 7) is 1.73. The predicted molar refractivity (Wildman–Crippen MR) is 86.3 cm³/mol. The minimum absolute atomic E-state index is 0.192. The molecule has 0 aliphatic heterocycles. The van der Waals surface area contributed by atoms with E-state index >= 15 is 0 Å². The number of hydrogen-bond donors (Lipinski definition) is 1. The van der Waals surface area contributed by atoms with E-state index in [-0.39, 0.29) is 24.6 Å². The Bertz CT molecular complexity index is 709. The fourth-order valence-corrected chi connectivity index (χ4v) is 1.93. The predicted octanol–water partition coefficient (Wildman–Crippen LogP) is 1.62. The molecule has 0 atom stereocenters. The number of carbonyl (C=O) groups is 2. The van der Waals surface area contributed by atoms with E-state index in [9.17, 15) is 9.59 Å². The lowest BCUT2D eigenvalue weighted by Crippen LogP contribution is -2.23. The zero-order chi connectivity index (χ0) is 17.5. The molecule has 24 heavy (non-hydrogen) atoms. The zero-order valence-corrected chi connectivity index (χ0v) is 13.7. The molecule has 1 aromatic carbocycles. The number of benzene rings is 1. The second-order valence-electron chi connectivity index (χ2n) is 4.76. The summed E-state index contributed by atoms with van der Waals surface area (Å²) in [4.78, 5) is 23.9. The molecule has 0 saturated carbocycles. The fourth-order valence-electron chi connectivity index (χ4n) is 1.93. The van der Waals surface area contributed by atoms with E-state index in [4.69, 9.17) is 14.2 Å². The largest absolute Gasteiger partial charge is 0.497 e. The van der Waals surface area contributed by atoms with Crippen molar-refractivity contribution in [3.05, 3.63) is 36.0 Å². The van der Waals surface area contributed by atoms with Crippen molar-refractivity contribution < 1.29 is 23.8 Å². The second-order valence-corrected chi connectivity index (χ2v) is 4.76. The van der Waals surface area contributed by atoms with Crippen LogP contribution in [-0.4, -0.2) is 42.0 Å². The summed E-state index contributed by atoms with van der Waals surface area (Å²) in [5.74, 6) is 0.524. The number of nitrogens with zero attached hydrogens (tertiary/aromatic N) is 2. The van der Waals surface area contributed by atoms with Crippen LogP contribution in [0.4, 0.5) is 5.82 Å². The lowest BCUT2D eigenvalue weighted by Gasteiger charge is -2.09. The lowest BCUT2D eigenvalue weighted by atomic mass is 10.3. The number of anilines is 1. The molecule has 0 unspecified atom stereocenters. The Hall–Kier alpha value is -3.03. The molecule has 0 spiro atoms. The number of methoxy groups -OCH3 is 1. The number of rotatable bonds is 7. The Morgan fingerprint density at radius 2 is 1.88 bits per heavy atom. The summed E-state index contributed by atoms with van der Waals surface area (Å²) in [6, 6.07) is 6.85. The van der Waals surface area contributed by atoms with Gasteiger partial charge in [-0.2, -0.15) is 5.10 Å². The van der Waals surface area contributed by atoms with Crippen molar-refractivity contribution in [1.82, 2.24) is 9.78 Å². The van der Waals surface area contributed by atoms with Crippen LogP contribution in [0.3, 0.4) is 0 Å². The van der Waals surface area contributed by atoms with E-state index in [1.807, 2.05) is 0 Å². The van der Waals surface area contributed by atoms with Crippen molar-refractivity contribution in [3.63, 3.8) is 0 Å². The van der Waals surface area contributed by atoms with Gasteiger partial charge < -0.3 is 19.5 Å². The molecule has 8 heteroatoms. The fraction of sp³-hybridized carbons (Fsp3) is 0.312. The average Bonchev–Trinajstić information content (AvgIpc) is 2.94. The van der Waals surface area contributed by atoms with Crippen molar-refractivity contribution >= 4 is 17.7 Å². The first-order valence-electron chi connectivity index (χ1n) is 7.31. The third kappa shape index (κ3) is 4.25. The quantitative estimate of drug-likeness (QED) is 0.774. The Morgan fingerprint density at radius 3 is 2.50 bits per heavy atom. The third-order valence-electron chi connectivity index (χ3n) is 3.12. The Morgan fingerprint density at radius 1 is 1.21 bits per heavy atom. The molecule has 1 aromatic heterocycles. The molecule has 2 rings (SSSR count). The standard InChI is InChI=1S/C16H19N3O5/c1-4-23-16(21)13-9-17-19(2)15(13)18-14(20)10-24-12-7-5-11(22-3)6-8-12/h5-9H,4,10H2,1-3H3,(H,18,20). The van der Waals surface area contributed by atoms with Crippen LogP contribution in [0, 0.1) is 0 Å². The van der Waals surface area contributed by atoms with Crippen LogP contribution >= 0.6 is 0 Å². The molecule has 0 aliphatic carbocycles. The second kappa shape index (κ2) is 8.00. The number of aryl methyl sites for hydroxylation is 1. The molecular formula is C16H19N3O5. The van der Waals surface area contributed by atoms with Gasteiger partial charge in [0.1, 0.15) is 22.9 Å². The van der Waals surface area contributed by atoms with Crippen molar-refractivity contribution in [1.29, 1.82) is 0 Å². The number of nitrogens with one attached hydrogen (secondary N) is 1. The van der Waals surface area contributed by atoms with E-state index in [1.54, 1.807) is 45.3 Å². The van der Waals surface area contributed by atoms with Gasteiger partial charge in [0, 0.05) is 7.05 Å². The summed E-state index contributed by atoms with van der Waals surface area (Å²) in [5.41, 5.74) is 0.192. The first-order valence-corrected chi connectivity index (χ1v) is 7.31. The highest BCUT2D eigenvalue weighted by Gasteiger charge is 2.19. The number of aromatic nitrogens is 2. The molecular weight excluding hydrogens is 314 g/mol. The maximum absolute atomic E-state index is 12.0. The monoisotopic (exact) mass is 333 g/mol. The average molecular weight is 333 g/mol. The molecule has 2 aromatic rings. The van der Waals surface area contributed by atoms with E-state index < -0.39 is 11.9 Å². The number of ether oxygens (including phenoxy) is 3. The van der Waals surface area contributed by atoms with Crippen LogP contribution in [0.2, 0.25) is 0 Å². The molecule has 1 amide bonds. The van der Waals surface area contributed by atoms with Crippen LogP contribution in [0.15, 0.2) is 30.5 Å². The summed E-state index contributed by atoms with van der Waals surface area (Å²) in [6.07, 6.45) is 1.35. The zero-order valence-electron chi connectivity index (χ0n) is 13.7. The van der Waals surface area contributed by atoms with Gasteiger partial charge in [-0.3, -0.25) is 9.48 Å². The van der Waals surface area contributed by atoms with Gasteiger partial charge in [0.25, 0.3) is 5.91 Å². The number of amides is 1. The molecule has 0 radical (unpaired) electrons. The Labute approximate surface area is 139 Å². The van der Waals surface area contributed by atoms with Crippen LogP contribution in [0.1, 0.15) is 17.3 Å². The van der Waals surface area contributed by atoms with E-state index in [0.717, 1.165) is 0 Å². The van der Waals surface area contributed by atoms with Gasteiger partial charge in [0.05, 0.1) is 19.9 Å². The highest BCUT2D eigenvalue weighted by molar-refractivity contribution is 6.00. The minimum Gasteiger partial charge on any atom is -0.497 e. The maximum atomic E-state index is 12.0. The van der Waals surface area contributed by atoms with E-state index in [2.05, 4.69) is 10.4 Å². The first-order chi connectivity index (χ1) is 11.5. The van der Waals surface area contributed by atoms with Crippen LogP contribution in [-0.2, 0) is 16.6 Å². The van der Waals surface area contributed by atoms with Gasteiger partial charge in [-0.15, -0.1) is 0 Å². The molecule has 0 saturated heterocycles. The summed E-state index contributed by atoms with van der Waals surface area (Å²) >= 11 is 0. The SMILES string of the molecule is CCOC(=O)c1cnn(C)c1NC(=O)COc1ccc(OC)cc1. The smallest absolute Gasteiger partial charge is 0.343 e. The van der Waals surface area contributed by atoms with Crippen molar-refractivity contribution in [2.75, 3.05) is 25.6 Å². The van der Waals surface area contributed by atoms with Gasteiger partial charge in [0.15, 0.2) is 6.61 Å². The molecule has 1 heterocycles. The highest BCUT2D eigenvalue weighted by atomic mass is 16.5. The molecule has 8 nitrogen and oxygen atoms in total. The lowest BCUT2D eigenvalue weighted by molar-refractivity contribution is -0.118. The van der Waals surface area contributed by atoms with Gasteiger partial charge in [-0.05, 0) is 31.2 Å². The topological polar surface area (TPSA) is 91.7 Å². The maximum Gasteiger partial charge on any atom is 0.343 e. The highest BCUT2D eigenvalue weighted by Crippen LogP contribution is 2.18. The van der Waals surface area contributed by atoms with Crippen LogP contribution in [0.5, 0.6) is 11.5 Å². The van der Waals surface area contributed by atoms with Gasteiger partial charge in [-0.25, -0.2) is 4.79 Å². The summed E-state index contributed by atoms with van der Waals surface area (Å²) in [5, 5.41) is 6.56. The van der Waals surface area contributed by atoms with Crippen molar-refractivity contribution in [2.45, 2.75) is 6.92 Å². The molecule has 0 bridgehead atoms.